The number of terminal acetylenes is 1. The van der Waals surface area contributed by atoms with Gasteiger partial charge in [0, 0.05) is 18.0 Å². The molecule has 0 radical (unpaired) electrons. The molecule has 0 aliphatic heterocycles. The molecule has 3 aromatic rings. The van der Waals surface area contributed by atoms with Gasteiger partial charge in [0.05, 0.1) is 11.3 Å². The Labute approximate surface area is 146 Å². The molecule has 0 aliphatic rings. The van der Waals surface area contributed by atoms with Crippen molar-refractivity contribution in [3.63, 3.8) is 0 Å². The average Bonchev–Trinajstić information content (AvgIpc) is 2.65. The monoisotopic (exact) mass is 328 g/mol. The minimum atomic E-state index is -0.301. The molecule has 0 saturated carbocycles. The second-order valence-corrected chi connectivity index (χ2v) is 5.47. The molecule has 0 saturated heterocycles. The SMILES string of the molecule is C#Cc1cncc(C(=O)Nc2ccccc2Oc2ccc(C)cc2)c1. The van der Waals surface area contributed by atoms with Crippen molar-refractivity contribution in [1.29, 1.82) is 0 Å². The number of hydrogen-bond donors (Lipinski definition) is 1. The van der Waals surface area contributed by atoms with Gasteiger partial charge in [-0.05, 0) is 37.3 Å². The molecule has 1 N–H and O–H groups in total. The number of hydrogen-bond acceptors (Lipinski definition) is 3. The van der Waals surface area contributed by atoms with E-state index in [-0.39, 0.29) is 5.91 Å². The third kappa shape index (κ3) is 4.04. The van der Waals surface area contributed by atoms with E-state index < -0.39 is 0 Å². The van der Waals surface area contributed by atoms with Gasteiger partial charge in [0.2, 0.25) is 0 Å². The van der Waals surface area contributed by atoms with Crippen molar-refractivity contribution < 1.29 is 9.53 Å². The molecular formula is C21H16N2O2. The van der Waals surface area contributed by atoms with Gasteiger partial charge in [-0.2, -0.15) is 0 Å². The first-order chi connectivity index (χ1) is 12.2. The molecule has 25 heavy (non-hydrogen) atoms. The number of nitrogens with one attached hydrogen (secondary N) is 1. The number of aromatic nitrogens is 1. The van der Waals surface area contributed by atoms with E-state index in [0.29, 0.717) is 28.3 Å². The predicted molar refractivity (Wildman–Crippen MR) is 97.8 cm³/mol. The first-order valence-corrected chi connectivity index (χ1v) is 7.72. The maximum absolute atomic E-state index is 12.5. The molecule has 0 bridgehead atoms. The van der Waals surface area contributed by atoms with E-state index in [9.17, 15) is 4.79 Å². The molecule has 4 heteroatoms. The maximum atomic E-state index is 12.5. The van der Waals surface area contributed by atoms with Gasteiger partial charge in [0.25, 0.3) is 5.91 Å². The fourth-order valence-corrected chi connectivity index (χ4v) is 2.23. The minimum Gasteiger partial charge on any atom is -0.455 e. The Morgan fingerprint density at radius 1 is 1.12 bits per heavy atom. The van der Waals surface area contributed by atoms with E-state index in [1.54, 1.807) is 18.2 Å². The zero-order valence-corrected chi connectivity index (χ0v) is 13.7. The van der Waals surface area contributed by atoms with E-state index in [1.807, 2.05) is 43.3 Å². The molecular weight excluding hydrogens is 312 g/mol. The summed E-state index contributed by atoms with van der Waals surface area (Å²) in [6.45, 7) is 2.01. The molecule has 0 unspecified atom stereocenters. The lowest BCUT2D eigenvalue weighted by atomic mass is 10.2. The number of ether oxygens (including phenoxy) is 1. The highest BCUT2D eigenvalue weighted by molar-refractivity contribution is 6.05. The fourth-order valence-electron chi connectivity index (χ4n) is 2.23. The summed E-state index contributed by atoms with van der Waals surface area (Å²) in [5, 5.41) is 2.84. The van der Waals surface area contributed by atoms with Crippen molar-refractivity contribution in [2.24, 2.45) is 0 Å². The van der Waals surface area contributed by atoms with Crippen molar-refractivity contribution in [2.75, 3.05) is 5.32 Å². The van der Waals surface area contributed by atoms with Gasteiger partial charge in [-0.25, -0.2) is 0 Å². The number of carbonyl (C=O) groups excluding carboxylic acids is 1. The maximum Gasteiger partial charge on any atom is 0.257 e. The van der Waals surface area contributed by atoms with Crippen LogP contribution < -0.4 is 10.1 Å². The van der Waals surface area contributed by atoms with Crippen molar-refractivity contribution in [2.45, 2.75) is 6.92 Å². The van der Waals surface area contributed by atoms with E-state index in [4.69, 9.17) is 11.2 Å². The van der Waals surface area contributed by atoms with Crippen LogP contribution in [-0.4, -0.2) is 10.9 Å². The first kappa shape index (κ1) is 16.3. The number of pyridine rings is 1. The molecule has 1 aromatic heterocycles. The highest BCUT2D eigenvalue weighted by atomic mass is 16.5. The highest BCUT2D eigenvalue weighted by Gasteiger charge is 2.11. The third-order valence-corrected chi connectivity index (χ3v) is 3.55. The summed E-state index contributed by atoms with van der Waals surface area (Å²) < 4.78 is 5.88. The molecule has 0 fully saturated rings. The number of aryl methyl sites for hydroxylation is 1. The van der Waals surface area contributed by atoms with Crippen LogP contribution in [0.25, 0.3) is 0 Å². The smallest absolute Gasteiger partial charge is 0.257 e. The van der Waals surface area contributed by atoms with Crippen LogP contribution in [0.15, 0.2) is 67.0 Å². The van der Waals surface area contributed by atoms with E-state index >= 15 is 0 Å². The molecule has 1 amide bonds. The van der Waals surface area contributed by atoms with Crippen LogP contribution in [0.4, 0.5) is 5.69 Å². The van der Waals surface area contributed by atoms with E-state index in [0.717, 1.165) is 5.56 Å². The molecule has 4 nitrogen and oxygen atoms in total. The van der Waals surface area contributed by atoms with Crippen molar-refractivity contribution in [1.82, 2.24) is 4.98 Å². The first-order valence-electron chi connectivity index (χ1n) is 7.72. The van der Waals surface area contributed by atoms with Crippen LogP contribution in [0, 0.1) is 19.3 Å². The predicted octanol–water partition coefficient (Wildman–Crippen LogP) is 4.42. The third-order valence-electron chi connectivity index (χ3n) is 3.55. The largest absolute Gasteiger partial charge is 0.455 e. The second kappa shape index (κ2) is 7.33. The highest BCUT2D eigenvalue weighted by Crippen LogP contribution is 2.29. The molecule has 2 aromatic carbocycles. The number of para-hydroxylation sites is 2. The summed E-state index contributed by atoms with van der Waals surface area (Å²) in [5.74, 6) is 3.42. The summed E-state index contributed by atoms with van der Waals surface area (Å²) in [6.07, 6.45) is 8.36. The number of anilines is 1. The Balaban J connectivity index is 1.82. The van der Waals surface area contributed by atoms with E-state index in [1.165, 1.54) is 12.4 Å². The number of amides is 1. The van der Waals surface area contributed by atoms with Crippen LogP contribution >= 0.6 is 0 Å². The Morgan fingerprint density at radius 2 is 1.88 bits per heavy atom. The number of carbonyl (C=O) groups is 1. The van der Waals surface area contributed by atoms with Gasteiger partial charge in [-0.1, -0.05) is 35.7 Å². The Bertz CT molecular complexity index is 941. The lowest BCUT2D eigenvalue weighted by Gasteiger charge is -2.12. The summed E-state index contributed by atoms with van der Waals surface area (Å²) in [7, 11) is 0. The molecule has 0 aliphatic carbocycles. The molecule has 1 heterocycles. The Hall–Kier alpha value is -3.58. The minimum absolute atomic E-state index is 0.301. The summed E-state index contributed by atoms with van der Waals surface area (Å²) in [4.78, 5) is 16.4. The van der Waals surface area contributed by atoms with Crippen molar-refractivity contribution in [3.8, 4) is 23.8 Å². The van der Waals surface area contributed by atoms with Gasteiger partial charge in [0.1, 0.15) is 5.75 Å². The Kier molecular flexibility index (Phi) is 4.77. The van der Waals surface area contributed by atoms with Crippen molar-refractivity contribution >= 4 is 11.6 Å². The van der Waals surface area contributed by atoms with Crippen molar-refractivity contribution in [3.05, 3.63) is 83.7 Å². The topological polar surface area (TPSA) is 51.2 Å². The van der Waals surface area contributed by atoms with Crippen LogP contribution in [0.5, 0.6) is 11.5 Å². The van der Waals surface area contributed by atoms with Crippen LogP contribution in [0.2, 0.25) is 0 Å². The summed E-state index contributed by atoms with van der Waals surface area (Å²) >= 11 is 0. The lowest BCUT2D eigenvalue weighted by molar-refractivity contribution is 0.102. The van der Waals surface area contributed by atoms with Crippen LogP contribution in [-0.2, 0) is 0 Å². The van der Waals surface area contributed by atoms with Gasteiger partial charge in [-0.3, -0.25) is 9.78 Å². The summed E-state index contributed by atoms with van der Waals surface area (Å²) in [5.41, 5.74) is 2.66. The fraction of sp³-hybridized carbons (Fsp3) is 0.0476. The zero-order valence-electron chi connectivity index (χ0n) is 13.7. The molecule has 122 valence electrons. The molecule has 3 rings (SSSR count). The normalized spacial score (nSPS) is 9.92. The van der Waals surface area contributed by atoms with Gasteiger partial charge in [-0.15, -0.1) is 6.42 Å². The average molecular weight is 328 g/mol. The standard InChI is InChI=1S/C21H16N2O2/c1-3-16-12-17(14-22-13-16)21(24)23-19-6-4-5-7-20(19)25-18-10-8-15(2)9-11-18/h1,4-14H,2H3,(H,23,24). The van der Waals surface area contributed by atoms with Gasteiger partial charge < -0.3 is 10.1 Å². The summed E-state index contributed by atoms with van der Waals surface area (Å²) in [6, 6.07) is 16.6. The molecule has 0 atom stereocenters. The molecule has 0 spiro atoms. The quantitative estimate of drug-likeness (QED) is 0.722. The number of nitrogens with zero attached hydrogens (tertiary/aromatic N) is 1. The second-order valence-electron chi connectivity index (χ2n) is 5.47. The van der Waals surface area contributed by atoms with Crippen LogP contribution in [0.1, 0.15) is 21.5 Å². The zero-order chi connectivity index (χ0) is 17.6. The number of rotatable bonds is 4. The van der Waals surface area contributed by atoms with E-state index in [2.05, 4.69) is 16.2 Å². The van der Waals surface area contributed by atoms with Gasteiger partial charge >= 0.3 is 0 Å². The number of benzene rings is 2. The van der Waals surface area contributed by atoms with Gasteiger partial charge in [0.15, 0.2) is 5.75 Å². The van der Waals surface area contributed by atoms with Crippen LogP contribution in [0.3, 0.4) is 0 Å². The lowest BCUT2D eigenvalue weighted by Crippen LogP contribution is -2.13. The Morgan fingerprint density at radius 3 is 2.64 bits per heavy atom.